The Morgan fingerprint density at radius 3 is 2.47 bits per heavy atom. The summed E-state index contributed by atoms with van der Waals surface area (Å²) in [5, 5.41) is -0.298. The summed E-state index contributed by atoms with van der Waals surface area (Å²) in [4.78, 5) is 18.8. The Kier molecular flexibility index (Phi) is 5.24. The number of nitrogens with zero attached hydrogens (tertiary/aromatic N) is 2. The van der Waals surface area contributed by atoms with Crippen molar-refractivity contribution in [2.75, 3.05) is 4.90 Å². The van der Waals surface area contributed by atoms with Crippen LogP contribution in [0.25, 0.3) is 0 Å². The van der Waals surface area contributed by atoms with Crippen LogP contribution < -0.4 is 4.90 Å². The predicted octanol–water partition coefficient (Wildman–Crippen LogP) is 4.26. The van der Waals surface area contributed by atoms with Crippen molar-refractivity contribution in [2.24, 2.45) is 0 Å². The molecule has 1 aromatic carbocycles. The van der Waals surface area contributed by atoms with Crippen molar-refractivity contribution < 1.29 is 22.0 Å². The van der Waals surface area contributed by atoms with Crippen molar-refractivity contribution >= 4 is 21.6 Å². The van der Waals surface area contributed by atoms with E-state index in [4.69, 9.17) is 8.83 Å². The third kappa shape index (κ3) is 3.90. The summed E-state index contributed by atoms with van der Waals surface area (Å²) in [5.41, 5.74) is 0.938. The molecule has 1 amide bonds. The monoisotopic (exact) mass is 422 g/mol. The van der Waals surface area contributed by atoms with E-state index >= 15 is 0 Å². The molecule has 0 unspecified atom stereocenters. The smallest absolute Gasteiger partial charge is 0.295 e. The quantitative estimate of drug-likeness (QED) is 0.461. The van der Waals surface area contributed by atoms with Gasteiger partial charge in [0.1, 0.15) is 11.6 Å². The van der Waals surface area contributed by atoms with Crippen LogP contribution in [-0.2, 0) is 16.4 Å². The molecule has 3 aromatic heterocycles. The van der Waals surface area contributed by atoms with Crippen LogP contribution in [0.3, 0.4) is 0 Å². The minimum Gasteiger partial charge on any atom is -0.467 e. The maximum absolute atomic E-state index is 13.1. The van der Waals surface area contributed by atoms with Crippen LogP contribution in [0.1, 0.15) is 21.9 Å². The fourth-order valence-corrected chi connectivity index (χ4v) is 4.05. The number of pyridine rings is 1. The first kappa shape index (κ1) is 19.7. The molecule has 0 radical (unpaired) electrons. The van der Waals surface area contributed by atoms with Crippen LogP contribution in [0.15, 0.2) is 98.0 Å². The molecule has 0 aliphatic carbocycles. The van der Waals surface area contributed by atoms with E-state index in [1.807, 2.05) is 6.92 Å². The number of aromatic nitrogens is 1. The first-order chi connectivity index (χ1) is 14.4. The average Bonchev–Trinajstić information content (AvgIpc) is 3.45. The van der Waals surface area contributed by atoms with E-state index in [0.717, 1.165) is 5.56 Å². The van der Waals surface area contributed by atoms with Crippen molar-refractivity contribution in [3.63, 3.8) is 0 Å². The van der Waals surface area contributed by atoms with Gasteiger partial charge >= 0.3 is 0 Å². The number of furan rings is 2. The molecule has 4 rings (SSSR count). The summed E-state index contributed by atoms with van der Waals surface area (Å²) >= 11 is 0. The van der Waals surface area contributed by atoms with Crippen molar-refractivity contribution in [1.82, 2.24) is 4.98 Å². The molecule has 4 aromatic rings. The summed E-state index contributed by atoms with van der Waals surface area (Å²) in [6.45, 7) is 1.98. The van der Waals surface area contributed by atoms with Crippen molar-refractivity contribution in [3.05, 3.63) is 96.3 Å². The Labute approximate surface area is 173 Å². The van der Waals surface area contributed by atoms with Gasteiger partial charge in [0.2, 0.25) is 14.9 Å². The third-order valence-electron chi connectivity index (χ3n) is 4.45. The van der Waals surface area contributed by atoms with E-state index < -0.39 is 15.7 Å². The topological polar surface area (TPSA) is 93.6 Å². The number of benzene rings is 1. The summed E-state index contributed by atoms with van der Waals surface area (Å²) in [6, 6.07) is 17.7. The molecule has 0 spiro atoms. The Morgan fingerprint density at radius 1 is 1.00 bits per heavy atom. The number of carbonyl (C=O) groups excluding carboxylic acids is 1. The second-order valence-electron chi connectivity index (χ2n) is 6.59. The van der Waals surface area contributed by atoms with Gasteiger partial charge in [0.25, 0.3) is 5.91 Å². The van der Waals surface area contributed by atoms with Gasteiger partial charge in [0, 0.05) is 6.20 Å². The van der Waals surface area contributed by atoms with Gasteiger partial charge in [-0.1, -0.05) is 23.8 Å². The van der Waals surface area contributed by atoms with Crippen LogP contribution in [0, 0.1) is 6.92 Å². The van der Waals surface area contributed by atoms with Gasteiger partial charge in [-0.05, 0) is 55.5 Å². The molecule has 0 saturated heterocycles. The molecular formula is C22H18N2O5S. The van der Waals surface area contributed by atoms with Gasteiger partial charge in [-0.2, -0.15) is 0 Å². The average molecular weight is 422 g/mol. The fourth-order valence-electron chi connectivity index (χ4n) is 2.87. The number of rotatable bonds is 6. The minimum atomic E-state index is -3.88. The summed E-state index contributed by atoms with van der Waals surface area (Å²) in [7, 11) is -3.88. The van der Waals surface area contributed by atoms with Crippen molar-refractivity contribution in [1.29, 1.82) is 0 Å². The Balaban J connectivity index is 1.66. The summed E-state index contributed by atoms with van der Waals surface area (Å²) in [5.74, 6) is 0.291. The van der Waals surface area contributed by atoms with Crippen LogP contribution in [0.5, 0.6) is 0 Å². The van der Waals surface area contributed by atoms with E-state index in [1.165, 1.54) is 35.4 Å². The molecule has 0 N–H and O–H groups in total. The van der Waals surface area contributed by atoms with E-state index in [1.54, 1.807) is 48.7 Å². The number of carbonyl (C=O) groups is 1. The molecule has 0 fully saturated rings. The van der Waals surface area contributed by atoms with Gasteiger partial charge in [-0.15, -0.1) is 0 Å². The van der Waals surface area contributed by atoms with Gasteiger partial charge in [-0.3, -0.25) is 9.69 Å². The number of hydrogen-bond donors (Lipinski definition) is 0. The highest BCUT2D eigenvalue weighted by molar-refractivity contribution is 7.91. The summed E-state index contributed by atoms with van der Waals surface area (Å²) < 4.78 is 36.5. The zero-order valence-corrected chi connectivity index (χ0v) is 16.9. The zero-order chi connectivity index (χ0) is 21.1. The largest absolute Gasteiger partial charge is 0.467 e. The number of amides is 1. The molecule has 8 heteroatoms. The standard InChI is InChI=1S/C22H18N2O5S/c1-16-7-9-18(10-8-16)30(26,27)21-12-11-19(29-21)22(25)24(15-17-5-4-14-28-17)20-6-2-3-13-23-20/h2-14H,15H2,1H3. The second-order valence-corrected chi connectivity index (χ2v) is 8.47. The zero-order valence-electron chi connectivity index (χ0n) is 16.1. The second kappa shape index (κ2) is 8.00. The lowest BCUT2D eigenvalue weighted by Crippen LogP contribution is -2.30. The van der Waals surface area contributed by atoms with Crippen LogP contribution in [-0.4, -0.2) is 19.3 Å². The first-order valence-corrected chi connectivity index (χ1v) is 10.6. The van der Waals surface area contributed by atoms with Gasteiger partial charge < -0.3 is 8.83 Å². The highest BCUT2D eigenvalue weighted by Gasteiger charge is 2.27. The van der Waals surface area contributed by atoms with Crippen molar-refractivity contribution in [2.45, 2.75) is 23.5 Å². The lowest BCUT2D eigenvalue weighted by molar-refractivity contribution is 0.0950. The summed E-state index contributed by atoms with van der Waals surface area (Å²) in [6.07, 6.45) is 3.07. The van der Waals surface area contributed by atoms with E-state index in [-0.39, 0.29) is 22.3 Å². The maximum Gasteiger partial charge on any atom is 0.295 e. The van der Waals surface area contributed by atoms with E-state index in [2.05, 4.69) is 4.98 Å². The third-order valence-corrected chi connectivity index (χ3v) is 6.10. The molecule has 0 aliphatic heterocycles. The number of hydrogen-bond acceptors (Lipinski definition) is 6. The van der Waals surface area contributed by atoms with Gasteiger partial charge in [-0.25, -0.2) is 13.4 Å². The van der Waals surface area contributed by atoms with Gasteiger partial charge in [0.15, 0.2) is 5.76 Å². The minimum absolute atomic E-state index is 0.0959. The Bertz CT molecular complexity index is 1240. The van der Waals surface area contributed by atoms with Crippen LogP contribution in [0.2, 0.25) is 0 Å². The lowest BCUT2D eigenvalue weighted by atomic mass is 10.2. The highest BCUT2D eigenvalue weighted by atomic mass is 32.2. The molecule has 0 atom stereocenters. The number of anilines is 1. The van der Waals surface area contributed by atoms with Crippen LogP contribution in [0.4, 0.5) is 5.82 Å². The first-order valence-electron chi connectivity index (χ1n) is 9.12. The molecular weight excluding hydrogens is 404 g/mol. The lowest BCUT2D eigenvalue weighted by Gasteiger charge is -2.19. The molecule has 7 nitrogen and oxygen atoms in total. The molecule has 3 heterocycles. The van der Waals surface area contributed by atoms with E-state index in [0.29, 0.717) is 11.6 Å². The normalized spacial score (nSPS) is 11.4. The maximum atomic E-state index is 13.1. The Morgan fingerprint density at radius 2 is 1.80 bits per heavy atom. The number of sulfone groups is 1. The molecule has 0 bridgehead atoms. The molecule has 0 aliphatic rings. The van der Waals surface area contributed by atoms with Crippen LogP contribution >= 0.6 is 0 Å². The predicted molar refractivity (Wildman–Crippen MR) is 109 cm³/mol. The molecule has 30 heavy (non-hydrogen) atoms. The SMILES string of the molecule is Cc1ccc(S(=O)(=O)c2ccc(C(=O)N(Cc3ccco3)c3ccccn3)o2)cc1. The highest BCUT2D eigenvalue weighted by Crippen LogP contribution is 2.25. The fraction of sp³-hybridized carbons (Fsp3) is 0.0909. The van der Waals surface area contributed by atoms with Gasteiger partial charge in [0.05, 0.1) is 17.7 Å². The Hall–Kier alpha value is -3.65. The molecule has 0 saturated carbocycles. The van der Waals surface area contributed by atoms with E-state index in [9.17, 15) is 13.2 Å². The van der Waals surface area contributed by atoms with Crippen molar-refractivity contribution in [3.8, 4) is 0 Å². The number of aryl methyl sites for hydroxylation is 1. The molecule has 152 valence electrons.